The van der Waals surface area contributed by atoms with E-state index in [2.05, 4.69) is 4.74 Å². The second-order valence-electron chi connectivity index (χ2n) is 4.16. The molecular formula is C11H17NO6. The molecule has 0 aliphatic heterocycles. The van der Waals surface area contributed by atoms with Crippen LogP contribution in [0.25, 0.3) is 0 Å². The summed E-state index contributed by atoms with van der Waals surface area (Å²) in [6.07, 6.45) is 1.39. The number of imide groups is 1. The zero-order valence-electron chi connectivity index (χ0n) is 10.2. The molecule has 0 heterocycles. The molecule has 1 saturated carbocycles. The molecule has 1 aliphatic carbocycles. The Morgan fingerprint density at radius 2 is 1.83 bits per heavy atom. The fourth-order valence-corrected chi connectivity index (χ4v) is 1.87. The molecule has 0 radical (unpaired) electrons. The Hall–Kier alpha value is -1.63. The maximum absolute atomic E-state index is 11.2. The van der Waals surface area contributed by atoms with Crippen LogP contribution in [0.4, 0.5) is 4.79 Å². The van der Waals surface area contributed by atoms with Crippen molar-refractivity contribution in [1.29, 1.82) is 0 Å². The molecule has 0 atom stereocenters. The Bertz CT molecular complexity index is 321. The molecule has 0 bridgehead atoms. The number of aliphatic carboxylic acids is 1. The molecule has 1 rings (SSSR count). The van der Waals surface area contributed by atoms with Crippen LogP contribution in [0.1, 0.15) is 25.7 Å². The number of ether oxygens (including phenoxy) is 2. The fourth-order valence-electron chi connectivity index (χ4n) is 1.87. The Morgan fingerprint density at radius 3 is 2.33 bits per heavy atom. The molecule has 0 aromatic rings. The summed E-state index contributed by atoms with van der Waals surface area (Å²) in [5.41, 5.74) is 0. The average molecular weight is 259 g/mol. The average Bonchev–Trinajstić information content (AvgIpc) is 2.36. The van der Waals surface area contributed by atoms with Gasteiger partial charge in [0.25, 0.3) is 5.91 Å². The number of nitrogens with one attached hydrogen (secondary N) is 1. The maximum Gasteiger partial charge on any atom is 0.413 e. The third-order valence-electron chi connectivity index (χ3n) is 2.90. The molecule has 2 amide bonds. The second kappa shape index (κ2) is 6.95. The van der Waals surface area contributed by atoms with Gasteiger partial charge in [-0.1, -0.05) is 0 Å². The SMILES string of the molecule is COC(=O)NC(=O)COC1CCC(C(=O)O)CC1. The number of hydrogen-bond acceptors (Lipinski definition) is 5. The highest BCUT2D eigenvalue weighted by molar-refractivity contribution is 5.92. The number of carboxylic acids is 1. The Morgan fingerprint density at radius 1 is 1.22 bits per heavy atom. The summed E-state index contributed by atoms with van der Waals surface area (Å²) in [6, 6.07) is 0. The smallest absolute Gasteiger partial charge is 0.413 e. The lowest BCUT2D eigenvalue weighted by Crippen LogP contribution is -2.35. The van der Waals surface area contributed by atoms with Crippen molar-refractivity contribution < 1.29 is 29.0 Å². The lowest BCUT2D eigenvalue weighted by Gasteiger charge is -2.25. The van der Waals surface area contributed by atoms with E-state index in [1.165, 1.54) is 0 Å². The van der Waals surface area contributed by atoms with E-state index in [0.29, 0.717) is 25.7 Å². The second-order valence-corrected chi connectivity index (χ2v) is 4.16. The van der Waals surface area contributed by atoms with Crippen LogP contribution >= 0.6 is 0 Å². The van der Waals surface area contributed by atoms with Gasteiger partial charge in [-0.05, 0) is 25.7 Å². The number of carbonyl (C=O) groups excluding carboxylic acids is 2. The Balaban J connectivity index is 2.19. The molecule has 7 nitrogen and oxygen atoms in total. The quantitative estimate of drug-likeness (QED) is 0.763. The molecule has 0 aromatic carbocycles. The van der Waals surface area contributed by atoms with Gasteiger partial charge in [0.15, 0.2) is 0 Å². The van der Waals surface area contributed by atoms with Gasteiger partial charge in [0.2, 0.25) is 0 Å². The minimum Gasteiger partial charge on any atom is -0.481 e. The van der Waals surface area contributed by atoms with Crippen molar-refractivity contribution >= 4 is 18.0 Å². The lowest BCUT2D eigenvalue weighted by atomic mass is 9.87. The van der Waals surface area contributed by atoms with E-state index >= 15 is 0 Å². The van der Waals surface area contributed by atoms with Gasteiger partial charge in [-0.15, -0.1) is 0 Å². The van der Waals surface area contributed by atoms with Gasteiger partial charge in [0.1, 0.15) is 6.61 Å². The summed E-state index contributed by atoms with van der Waals surface area (Å²) in [5.74, 6) is -1.66. The number of alkyl carbamates (subject to hydrolysis) is 1. The Labute approximate surface area is 104 Å². The summed E-state index contributed by atoms with van der Waals surface area (Å²) in [4.78, 5) is 32.6. The van der Waals surface area contributed by atoms with Crippen molar-refractivity contribution in [2.75, 3.05) is 13.7 Å². The first-order valence-electron chi connectivity index (χ1n) is 5.75. The molecule has 1 aliphatic rings. The molecule has 0 unspecified atom stereocenters. The van der Waals surface area contributed by atoms with E-state index in [1.807, 2.05) is 5.32 Å². The number of carboxylic acid groups (broad SMARTS) is 1. The highest BCUT2D eigenvalue weighted by Gasteiger charge is 2.26. The predicted molar refractivity (Wildman–Crippen MR) is 59.9 cm³/mol. The monoisotopic (exact) mass is 259 g/mol. The molecule has 0 saturated heterocycles. The van der Waals surface area contributed by atoms with E-state index in [4.69, 9.17) is 9.84 Å². The summed E-state index contributed by atoms with van der Waals surface area (Å²) < 4.78 is 9.57. The third kappa shape index (κ3) is 4.70. The summed E-state index contributed by atoms with van der Waals surface area (Å²) in [6.45, 7) is -0.225. The minimum absolute atomic E-state index is 0.121. The topological polar surface area (TPSA) is 102 Å². The van der Waals surface area contributed by atoms with Gasteiger partial charge in [-0.3, -0.25) is 14.9 Å². The first-order valence-corrected chi connectivity index (χ1v) is 5.75. The molecule has 7 heteroatoms. The maximum atomic E-state index is 11.2. The van der Waals surface area contributed by atoms with Crippen molar-refractivity contribution in [3.8, 4) is 0 Å². The number of methoxy groups -OCH3 is 1. The van der Waals surface area contributed by atoms with Gasteiger partial charge in [0, 0.05) is 0 Å². The predicted octanol–water partition coefficient (Wildman–Crippen LogP) is 0.529. The normalized spacial score (nSPS) is 23.2. The number of hydrogen-bond donors (Lipinski definition) is 2. The number of rotatable bonds is 4. The van der Waals surface area contributed by atoms with E-state index < -0.39 is 18.0 Å². The van der Waals surface area contributed by atoms with Crippen molar-refractivity contribution in [1.82, 2.24) is 5.32 Å². The molecule has 102 valence electrons. The number of amides is 2. The van der Waals surface area contributed by atoms with Gasteiger partial charge in [-0.2, -0.15) is 0 Å². The first kappa shape index (κ1) is 14.4. The van der Waals surface area contributed by atoms with Gasteiger partial charge < -0.3 is 14.6 Å². The van der Waals surface area contributed by atoms with Gasteiger partial charge in [0.05, 0.1) is 19.1 Å². The Kier molecular flexibility index (Phi) is 5.57. The highest BCUT2D eigenvalue weighted by atomic mass is 16.5. The molecule has 2 N–H and O–H groups in total. The fraction of sp³-hybridized carbons (Fsp3) is 0.727. The van der Waals surface area contributed by atoms with Crippen LogP contribution in [0.3, 0.4) is 0 Å². The molecule has 0 spiro atoms. The van der Waals surface area contributed by atoms with Crippen LogP contribution < -0.4 is 5.32 Å². The zero-order valence-corrected chi connectivity index (χ0v) is 10.2. The van der Waals surface area contributed by atoms with Crippen LogP contribution in [0.2, 0.25) is 0 Å². The first-order chi connectivity index (χ1) is 8.52. The highest BCUT2D eigenvalue weighted by Crippen LogP contribution is 2.26. The van der Waals surface area contributed by atoms with Crippen molar-refractivity contribution in [3.63, 3.8) is 0 Å². The van der Waals surface area contributed by atoms with E-state index in [9.17, 15) is 14.4 Å². The van der Waals surface area contributed by atoms with Crippen LogP contribution in [-0.2, 0) is 19.1 Å². The van der Waals surface area contributed by atoms with Crippen molar-refractivity contribution in [2.24, 2.45) is 5.92 Å². The van der Waals surface area contributed by atoms with Crippen LogP contribution in [0.5, 0.6) is 0 Å². The van der Waals surface area contributed by atoms with E-state index in [1.54, 1.807) is 0 Å². The van der Waals surface area contributed by atoms with E-state index in [-0.39, 0.29) is 18.6 Å². The molecule has 1 fully saturated rings. The minimum atomic E-state index is -0.821. The standard InChI is InChI=1S/C11H17NO6/c1-17-11(16)12-9(13)6-18-8-4-2-7(3-5-8)10(14)15/h7-8H,2-6H2,1H3,(H,14,15)(H,12,13,16). The van der Waals surface area contributed by atoms with Gasteiger partial charge in [-0.25, -0.2) is 4.79 Å². The molecule has 18 heavy (non-hydrogen) atoms. The van der Waals surface area contributed by atoms with Crippen molar-refractivity contribution in [2.45, 2.75) is 31.8 Å². The molecule has 0 aromatic heterocycles. The lowest BCUT2D eigenvalue weighted by molar-refractivity contribution is -0.144. The summed E-state index contributed by atoms with van der Waals surface area (Å²) in [7, 11) is 1.16. The van der Waals surface area contributed by atoms with Crippen LogP contribution in [-0.4, -0.2) is 42.9 Å². The number of carbonyl (C=O) groups is 3. The largest absolute Gasteiger partial charge is 0.481 e. The summed E-state index contributed by atoms with van der Waals surface area (Å²) in [5, 5.41) is 10.8. The van der Waals surface area contributed by atoms with Crippen molar-refractivity contribution in [3.05, 3.63) is 0 Å². The van der Waals surface area contributed by atoms with E-state index in [0.717, 1.165) is 7.11 Å². The summed E-state index contributed by atoms with van der Waals surface area (Å²) >= 11 is 0. The molecular weight excluding hydrogens is 242 g/mol. The van der Waals surface area contributed by atoms with Gasteiger partial charge >= 0.3 is 12.1 Å². The van der Waals surface area contributed by atoms with Crippen LogP contribution in [0, 0.1) is 5.92 Å². The third-order valence-corrected chi connectivity index (χ3v) is 2.90. The zero-order chi connectivity index (χ0) is 13.5. The van der Waals surface area contributed by atoms with Crippen LogP contribution in [0.15, 0.2) is 0 Å².